The summed E-state index contributed by atoms with van der Waals surface area (Å²) in [6, 6.07) is 20.2. The number of amides is 4. The summed E-state index contributed by atoms with van der Waals surface area (Å²) < 4.78 is 43.6. The molecule has 9 rings (SSSR count). The number of rotatable bonds is 14. The number of aromatic nitrogens is 2. The second-order valence-corrected chi connectivity index (χ2v) is 20.9. The molecule has 6 heterocycles. The van der Waals surface area contributed by atoms with Crippen LogP contribution in [0.2, 0.25) is 5.02 Å². The lowest BCUT2D eigenvalue weighted by Crippen LogP contribution is -2.54. The van der Waals surface area contributed by atoms with Crippen molar-refractivity contribution in [3.05, 3.63) is 105 Å². The topological polar surface area (TPSA) is 199 Å². The minimum absolute atomic E-state index is 0.0986. The van der Waals surface area contributed by atoms with E-state index in [1.165, 1.54) is 12.8 Å². The Morgan fingerprint density at radius 3 is 2.13 bits per heavy atom. The van der Waals surface area contributed by atoms with Gasteiger partial charge < -0.3 is 29.3 Å². The number of anilines is 2. The molecule has 21 heteroatoms. The first kappa shape index (κ1) is 54.8. The Bertz CT molecular complexity index is 2810. The Hall–Kier alpha value is -6.49. The van der Waals surface area contributed by atoms with E-state index in [-0.39, 0.29) is 25.4 Å². The van der Waals surface area contributed by atoms with E-state index in [9.17, 15) is 37.6 Å². The summed E-state index contributed by atoms with van der Waals surface area (Å²) in [5.74, 6) is -0.521. The van der Waals surface area contributed by atoms with Crippen molar-refractivity contribution in [1.29, 1.82) is 5.26 Å². The minimum atomic E-state index is -5.08. The number of halogens is 5. The summed E-state index contributed by atoms with van der Waals surface area (Å²) in [5, 5.41) is 19.6. The number of aliphatic carboxylic acids is 1. The molecule has 5 aliphatic rings. The number of piperidine rings is 4. The van der Waals surface area contributed by atoms with Crippen LogP contribution in [-0.4, -0.2) is 125 Å². The number of carboxylic acids is 1. The number of nitrogens with one attached hydrogen (secondary N) is 1. The molecule has 0 bridgehead atoms. The number of nitriles is 1. The van der Waals surface area contributed by atoms with Crippen molar-refractivity contribution in [2.24, 2.45) is 17.8 Å². The highest BCUT2D eigenvalue weighted by Crippen LogP contribution is 2.40. The number of carboxylic acid groups (broad SMARTS) is 1. The van der Waals surface area contributed by atoms with Gasteiger partial charge in [0, 0.05) is 50.8 Å². The van der Waals surface area contributed by atoms with Crippen LogP contribution < -0.4 is 24.6 Å². The summed E-state index contributed by atoms with van der Waals surface area (Å²) in [5.41, 5.74) is 4.16. The fourth-order valence-electron chi connectivity index (χ4n) is 10.9. The zero-order valence-electron chi connectivity index (χ0n) is 41.7. The summed E-state index contributed by atoms with van der Waals surface area (Å²) in [6.07, 6.45) is 3.70. The molecule has 4 aromatic rings. The third kappa shape index (κ3) is 12.6. The molecule has 5 aliphatic heterocycles. The van der Waals surface area contributed by atoms with Crippen molar-refractivity contribution >= 4 is 64.4 Å². The average Bonchev–Trinajstić information content (AvgIpc) is 3.66. The number of carbonyl (C=O) groups excluding carboxylic acids is 4. The van der Waals surface area contributed by atoms with Crippen LogP contribution in [0.3, 0.4) is 0 Å². The molecule has 398 valence electrons. The fourth-order valence-corrected chi connectivity index (χ4v) is 11.2. The van der Waals surface area contributed by atoms with Crippen molar-refractivity contribution in [2.75, 3.05) is 68.1 Å². The van der Waals surface area contributed by atoms with E-state index >= 15 is 0 Å². The van der Waals surface area contributed by atoms with Gasteiger partial charge in [0.25, 0.3) is 11.8 Å². The Labute approximate surface area is 443 Å². The number of likely N-dealkylation sites (tertiary alicyclic amines) is 1. The standard InChI is InChI=1S/C52H58Cl2N8O6.C2HF3O2/c1-52(2,38-28-36(30-55)47(42(54)29-38)67-27-19-53)37-6-8-40(9-7-37)68-32-39-12-20-56-51(57-39)61-25-17-35(18-26-61)34-15-21-59(22-16-34)31-33-13-23-60(24-14-33)43-5-3-4-41-46(43)50(66)62(49(41)65)44-10-11-45(63)58-48(44)64;3-2(4,5)1(6)7/h3-9,12,20,28-29,33-35,44H,10-11,13-19,21-27,31-32H2,1-2H3,(H,58,63,64);(H,6,7). The molecule has 4 fully saturated rings. The summed E-state index contributed by atoms with van der Waals surface area (Å²) >= 11 is 12.4. The minimum Gasteiger partial charge on any atom is -0.489 e. The van der Waals surface area contributed by atoms with Crippen LogP contribution in [0, 0.1) is 29.1 Å². The van der Waals surface area contributed by atoms with E-state index in [2.05, 4.69) is 44.9 Å². The first-order chi connectivity index (χ1) is 35.9. The average molecular weight is 1080 g/mol. The number of benzene rings is 3. The van der Waals surface area contributed by atoms with Crippen LogP contribution in [0.25, 0.3) is 0 Å². The van der Waals surface area contributed by atoms with Gasteiger partial charge in [-0.2, -0.15) is 18.4 Å². The zero-order chi connectivity index (χ0) is 53.6. The number of nitrogens with zero attached hydrogens (tertiary/aromatic N) is 7. The lowest BCUT2D eigenvalue weighted by molar-refractivity contribution is -0.192. The fraction of sp³-hybridized carbons (Fsp3) is 0.481. The molecule has 4 saturated heterocycles. The molecule has 0 radical (unpaired) electrons. The van der Waals surface area contributed by atoms with Gasteiger partial charge >= 0.3 is 12.1 Å². The van der Waals surface area contributed by atoms with Crippen molar-refractivity contribution in [3.63, 3.8) is 0 Å². The second-order valence-electron chi connectivity index (χ2n) is 20.1. The van der Waals surface area contributed by atoms with Gasteiger partial charge in [-0.15, -0.1) is 11.6 Å². The summed E-state index contributed by atoms with van der Waals surface area (Å²) in [4.78, 5) is 78.1. The third-order valence-corrected chi connectivity index (χ3v) is 15.6. The van der Waals surface area contributed by atoms with Gasteiger partial charge in [0.2, 0.25) is 17.8 Å². The molecule has 0 saturated carbocycles. The summed E-state index contributed by atoms with van der Waals surface area (Å²) in [6.45, 7) is 11.6. The Kier molecular flexibility index (Phi) is 17.2. The van der Waals surface area contributed by atoms with Crippen molar-refractivity contribution < 1.29 is 51.7 Å². The predicted molar refractivity (Wildman–Crippen MR) is 273 cm³/mol. The van der Waals surface area contributed by atoms with Crippen molar-refractivity contribution in [2.45, 2.75) is 89.5 Å². The van der Waals surface area contributed by atoms with Crippen LogP contribution in [0.5, 0.6) is 11.5 Å². The molecular formula is C54H59Cl2F3N8O8. The monoisotopic (exact) mass is 1070 g/mol. The van der Waals surface area contributed by atoms with Gasteiger partial charge in [0.15, 0.2) is 5.75 Å². The number of ether oxygens (including phenoxy) is 2. The van der Waals surface area contributed by atoms with Crippen LogP contribution in [0.1, 0.15) is 108 Å². The maximum absolute atomic E-state index is 13.7. The Balaban J connectivity index is 0.000000997. The molecule has 0 aliphatic carbocycles. The number of imide groups is 2. The lowest BCUT2D eigenvalue weighted by Gasteiger charge is -2.42. The normalized spacial score (nSPS) is 19.3. The molecule has 1 unspecified atom stereocenters. The van der Waals surface area contributed by atoms with Crippen molar-refractivity contribution in [3.8, 4) is 17.6 Å². The summed E-state index contributed by atoms with van der Waals surface area (Å²) in [7, 11) is 0. The molecule has 4 amide bonds. The van der Waals surface area contributed by atoms with Gasteiger partial charge in [-0.3, -0.25) is 29.4 Å². The van der Waals surface area contributed by atoms with Crippen LogP contribution >= 0.6 is 23.2 Å². The van der Waals surface area contributed by atoms with Crippen LogP contribution in [-0.2, 0) is 26.4 Å². The highest BCUT2D eigenvalue weighted by Gasteiger charge is 2.46. The van der Waals surface area contributed by atoms with E-state index in [1.54, 1.807) is 6.07 Å². The second kappa shape index (κ2) is 23.6. The molecule has 2 N–H and O–H groups in total. The van der Waals surface area contributed by atoms with Gasteiger partial charge in [0.05, 0.1) is 39.0 Å². The SMILES string of the molecule is CC(C)(c1ccc(OCc2ccnc(N3CCC(C4CCN(CC5CCN(c6cccc7c6C(=O)N(C6CCC(=O)NC6=O)C7=O)CC5)CC4)CC3)n2)cc1)c1cc(Cl)c(OCCCl)c(C#N)c1.O=C(O)C(F)(F)F. The van der Waals surface area contributed by atoms with Gasteiger partial charge in [0.1, 0.15) is 31.1 Å². The Morgan fingerprint density at radius 2 is 1.51 bits per heavy atom. The number of carbonyl (C=O) groups is 5. The molecule has 75 heavy (non-hydrogen) atoms. The number of alkyl halides is 4. The molecule has 0 spiro atoms. The maximum Gasteiger partial charge on any atom is 0.490 e. The van der Waals surface area contributed by atoms with E-state index in [0.29, 0.717) is 51.8 Å². The number of fused-ring (bicyclic) bond motifs is 1. The van der Waals surface area contributed by atoms with Crippen molar-refractivity contribution in [1.82, 2.24) is 25.1 Å². The van der Waals surface area contributed by atoms with Crippen LogP contribution in [0.4, 0.5) is 24.8 Å². The van der Waals surface area contributed by atoms with E-state index in [0.717, 1.165) is 117 Å². The van der Waals surface area contributed by atoms with Gasteiger partial charge in [-0.25, -0.2) is 14.8 Å². The molecule has 16 nitrogen and oxygen atoms in total. The molecule has 1 aromatic heterocycles. The van der Waals surface area contributed by atoms with E-state index < -0.39 is 41.3 Å². The first-order valence-electron chi connectivity index (χ1n) is 25.2. The van der Waals surface area contributed by atoms with Gasteiger partial charge in [-0.1, -0.05) is 43.6 Å². The van der Waals surface area contributed by atoms with E-state index in [1.807, 2.05) is 60.8 Å². The number of hydrogen-bond donors (Lipinski definition) is 2. The molecule has 3 aromatic carbocycles. The molecule has 1 atom stereocenters. The maximum atomic E-state index is 13.7. The largest absolute Gasteiger partial charge is 0.490 e. The third-order valence-electron chi connectivity index (χ3n) is 15.2. The quantitative estimate of drug-likeness (QED) is 0.0901. The smallest absolute Gasteiger partial charge is 0.489 e. The molecular weight excluding hydrogens is 1020 g/mol. The first-order valence-corrected chi connectivity index (χ1v) is 26.1. The van der Waals surface area contributed by atoms with Crippen LogP contribution in [0.15, 0.2) is 66.9 Å². The number of hydrogen-bond acceptors (Lipinski definition) is 13. The lowest BCUT2D eigenvalue weighted by atomic mass is 9.77. The highest BCUT2D eigenvalue weighted by molar-refractivity contribution is 6.32. The Morgan fingerprint density at radius 1 is 0.853 bits per heavy atom. The van der Waals surface area contributed by atoms with E-state index in [4.69, 9.17) is 47.6 Å². The van der Waals surface area contributed by atoms with Gasteiger partial charge in [-0.05, 0) is 129 Å². The predicted octanol–water partition coefficient (Wildman–Crippen LogP) is 8.40. The highest BCUT2D eigenvalue weighted by atomic mass is 35.5. The zero-order valence-corrected chi connectivity index (χ0v) is 43.2.